The number of nitrogens with zero attached hydrogens (tertiary/aromatic N) is 4. The molecule has 0 bridgehead atoms. The minimum absolute atomic E-state index is 0.000142. The summed E-state index contributed by atoms with van der Waals surface area (Å²) < 4.78 is 98.6. The van der Waals surface area contributed by atoms with Gasteiger partial charge in [-0.15, -0.1) is 0 Å². The molecule has 3 aromatic rings. The second-order valence-electron chi connectivity index (χ2n) is 11.2. The second-order valence-corrected chi connectivity index (χ2v) is 11.2. The lowest BCUT2D eigenvalue weighted by Crippen LogP contribution is -2.61. The highest BCUT2D eigenvalue weighted by Gasteiger charge is 2.47. The summed E-state index contributed by atoms with van der Waals surface area (Å²) >= 11 is 0. The minimum Gasteiger partial charge on any atom is -0.488 e. The van der Waals surface area contributed by atoms with Crippen LogP contribution in [0.1, 0.15) is 71.4 Å². The summed E-state index contributed by atoms with van der Waals surface area (Å²) in [4.78, 5) is 34.1. The zero-order valence-electron chi connectivity index (χ0n) is 26.2. The molecule has 0 spiro atoms. The minimum atomic E-state index is -4.79. The molecule has 1 amide bonds. The highest BCUT2D eigenvalue weighted by atomic mass is 19.4. The molecule has 0 aliphatic carbocycles. The molecule has 4 rings (SSSR count). The Balaban J connectivity index is 1.87. The summed E-state index contributed by atoms with van der Waals surface area (Å²) in [5.41, 5.74) is 2.76. The summed E-state index contributed by atoms with van der Waals surface area (Å²) in [6, 6.07) is 7.13. The van der Waals surface area contributed by atoms with Gasteiger partial charge in [0.15, 0.2) is 5.75 Å². The number of methoxy groups -OCH3 is 1. The number of rotatable bonds is 11. The van der Waals surface area contributed by atoms with Crippen LogP contribution in [0.3, 0.4) is 0 Å². The fourth-order valence-electron chi connectivity index (χ4n) is 5.40. The Morgan fingerprint density at radius 2 is 1.80 bits per heavy atom. The number of anilines is 1. The molecule has 2 aromatic carbocycles. The number of nitriles is 1. The van der Waals surface area contributed by atoms with Gasteiger partial charge in [0.25, 0.3) is 0 Å². The summed E-state index contributed by atoms with van der Waals surface area (Å²) in [5.74, 6) is -2.33. The van der Waals surface area contributed by atoms with Crippen molar-refractivity contribution in [1.29, 1.82) is 5.26 Å². The fourth-order valence-corrected chi connectivity index (χ4v) is 5.40. The van der Waals surface area contributed by atoms with Crippen LogP contribution in [0, 0.1) is 11.3 Å². The van der Waals surface area contributed by atoms with Crippen molar-refractivity contribution in [3.8, 4) is 11.8 Å². The maximum Gasteiger partial charge on any atom is 0.416 e. The van der Waals surface area contributed by atoms with Crippen LogP contribution in [0.4, 0.5) is 36.8 Å². The maximum atomic E-state index is 13.9. The first kappa shape index (κ1) is 36.9. The van der Waals surface area contributed by atoms with Crippen LogP contribution < -0.4 is 15.4 Å². The molecule has 0 saturated heterocycles. The quantitative estimate of drug-likeness (QED) is 0.179. The molecule has 0 radical (unpaired) electrons. The number of aromatic nitrogens is 2. The number of carbonyl (C=O) groups is 2. The van der Waals surface area contributed by atoms with Gasteiger partial charge in [0.2, 0.25) is 0 Å². The third-order valence-electron chi connectivity index (χ3n) is 7.84. The maximum absolute atomic E-state index is 13.9. The van der Waals surface area contributed by atoms with Crippen molar-refractivity contribution in [2.45, 2.75) is 56.5 Å². The number of hydrogen-bond acceptors (Lipinski definition) is 9. The zero-order chi connectivity index (χ0) is 36.1. The van der Waals surface area contributed by atoms with Gasteiger partial charge in [0.1, 0.15) is 24.7 Å². The second kappa shape index (κ2) is 14.7. The normalized spacial score (nSPS) is 17.6. The smallest absolute Gasteiger partial charge is 0.416 e. The Labute approximate surface area is 276 Å². The number of aliphatic carboxylic acids is 1. The number of carboxylic acid groups (broad SMARTS) is 1. The topological polar surface area (TPSA) is 161 Å². The molecule has 262 valence electrons. The SMILES string of the molecule is CC[C@]1(N)C[C@H](c2ncc(OCCOC)c(Cc3cc(C#N)cc(C(F)(F)F)c3)n2)c2cc(C(F)(F)F)ccc2N1C(=O)OCCC(=O)O. The summed E-state index contributed by atoms with van der Waals surface area (Å²) in [7, 11) is 1.42. The Hall–Kier alpha value is -4.95. The predicted molar refractivity (Wildman–Crippen MR) is 160 cm³/mol. The van der Waals surface area contributed by atoms with Gasteiger partial charge in [0, 0.05) is 19.4 Å². The van der Waals surface area contributed by atoms with Crippen molar-refractivity contribution < 1.29 is 55.2 Å². The molecular weight excluding hydrogens is 664 g/mol. The van der Waals surface area contributed by atoms with E-state index >= 15 is 0 Å². The average Bonchev–Trinajstić information content (AvgIpc) is 3.03. The summed E-state index contributed by atoms with van der Waals surface area (Å²) in [5, 5.41) is 18.3. The molecule has 2 heterocycles. The van der Waals surface area contributed by atoms with Crippen LogP contribution in [-0.2, 0) is 33.0 Å². The molecule has 1 aliphatic rings. The van der Waals surface area contributed by atoms with Crippen LogP contribution in [0.25, 0.3) is 0 Å². The van der Waals surface area contributed by atoms with Gasteiger partial charge < -0.3 is 25.1 Å². The Morgan fingerprint density at radius 3 is 2.41 bits per heavy atom. The largest absolute Gasteiger partial charge is 0.488 e. The van der Waals surface area contributed by atoms with Gasteiger partial charge in [-0.05, 0) is 60.4 Å². The molecule has 1 aromatic heterocycles. The van der Waals surface area contributed by atoms with E-state index in [1.54, 1.807) is 13.0 Å². The van der Waals surface area contributed by atoms with E-state index < -0.39 is 60.2 Å². The number of halogens is 6. The van der Waals surface area contributed by atoms with E-state index in [1.165, 1.54) is 19.4 Å². The van der Waals surface area contributed by atoms with Gasteiger partial charge in [-0.2, -0.15) is 31.6 Å². The lowest BCUT2D eigenvalue weighted by molar-refractivity contribution is -0.138. The van der Waals surface area contributed by atoms with E-state index in [1.807, 2.05) is 0 Å². The number of nitrogens with two attached hydrogens (primary N) is 1. The molecule has 49 heavy (non-hydrogen) atoms. The van der Waals surface area contributed by atoms with Crippen molar-refractivity contribution >= 4 is 17.7 Å². The van der Waals surface area contributed by atoms with Gasteiger partial charge in [-0.1, -0.05) is 6.92 Å². The molecular formula is C32H31F6N5O6. The number of ether oxygens (including phenoxy) is 3. The third kappa shape index (κ3) is 8.56. The molecule has 0 saturated carbocycles. The van der Waals surface area contributed by atoms with Crippen LogP contribution in [0.2, 0.25) is 0 Å². The standard InChI is InChI=1S/C32H31F6N5O6/c1-3-30(40)15-23(22-14-20(31(33,34)35)4-5-25(22)43(30)29(46)49-7-6-27(44)45)28-41-17-26(48-9-8-47-2)24(42-28)13-18-10-19(16-39)12-21(11-18)32(36,37)38/h4-5,10-12,14,17,23H,3,6-9,13,15,40H2,1-2H3,(H,44,45)/t23-,30+/m0/s1. The van der Waals surface area contributed by atoms with Crippen molar-refractivity contribution in [3.63, 3.8) is 0 Å². The Morgan fingerprint density at radius 1 is 1.08 bits per heavy atom. The molecule has 1 aliphatic heterocycles. The number of fused-ring (bicyclic) bond motifs is 1. The molecule has 0 unspecified atom stereocenters. The van der Waals surface area contributed by atoms with Gasteiger partial charge >= 0.3 is 24.4 Å². The first-order chi connectivity index (χ1) is 23.0. The Bertz CT molecular complexity index is 1740. The van der Waals surface area contributed by atoms with Gasteiger partial charge in [0.05, 0.1) is 53.4 Å². The van der Waals surface area contributed by atoms with Crippen LogP contribution in [0.15, 0.2) is 42.6 Å². The average molecular weight is 696 g/mol. The molecule has 17 heteroatoms. The van der Waals surface area contributed by atoms with E-state index in [4.69, 9.17) is 25.1 Å². The molecule has 3 N–H and O–H groups in total. The van der Waals surface area contributed by atoms with Crippen LogP contribution in [0.5, 0.6) is 5.75 Å². The van der Waals surface area contributed by atoms with E-state index in [0.717, 1.165) is 29.2 Å². The predicted octanol–water partition coefficient (Wildman–Crippen LogP) is 6.02. The highest BCUT2D eigenvalue weighted by molar-refractivity contribution is 5.91. The number of carbonyl (C=O) groups excluding carboxylic acids is 1. The summed E-state index contributed by atoms with van der Waals surface area (Å²) in [6.07, 6.45) is -10.4. The van der Waals surface area contributed by atoms with Crippen molar-refractivity contribution in [2.24, 2.45) is 5.73 Å². The zero-order valence-corrected chi connectivity index (χ0v) is 26.2. The van der Waals surface area contributed by atoms with Crippen molar-refractivity contribution in [1.82, 2.24) is 9.97 Å². The number of alkyl halides is 6. The van der Waals surface area contributed by atoms with Gasteiger partial charge in [-0.25, -0.2) is 14.8 Å². The van der Waals surface area contributed by atoms with E-state index in [9.17, 15) is 41.2 Å². The number of carboxylic acids is 1. The van der Waals surface area contributed by atoms with Crippen molar-refractivity contribution in [2.75, 3.05) is 31.8 Å². The molecule has 0 fully saturated rings. The van der Waals surface area contributed by atoms with Crippen molar-refractivity contribution in [3.05, 3.63) is 81.9 Å². The third-order valence-corrected chi connectivity index (χ3v) is 7.84. The number of benzene rings is 2. The van der Waals surface area contributed by atoms with E-state index in [2.05, 4.69) is 9.97 Å². The number of hydrogen-bond donors (Lipinski definition) is 2. The first-order valence-electron chi connectivity index (χ1n) is 14.8. The lowest BCUT2D eigenvalue weighted by Gasteiger charge is -2.46. The first-order valence-corrected chi connectivity index (χ1v) is 14.8. The fraction of sp³-hybridized carbons (Fsp3) is 0.406. The number of amides is 1. The monoisotopic (exact) mass is 695 g/mol. The Kier molecular flexibility index (Phi) is 11.0. The highest BCUT2D eigenvalue weighted by Crippen LogP contribution is 2.47. The van der Waals surface area contributed by atoms with Crippen LogP contribution >= 0.6 is 0 Å². The van der Waals surface area contributed by atoms with Crippen LogP contribution in [-0.4, -0.2) is 59.7 Å². The molecule has 11 nitrogen and oxygen atoms in total. The summed E-state index contributed by atoms with van der Waals surface area (Å²) in [6.45, 7) is 1.23. The van der Waals surface area contributed by atoms with E-state index in [-0.39, 0.29) is 72.1 Å². The van der Waals surface area contributed by atoms with Gasteiger partial charge in [-0.3, -0.25) is 9.69 Å². The van der Waals surface area contributed by atoms with E-state index in [0.29, 0.717) is 6.07 Å². The molecule has 2 atom stereocenters. The lowest BCUT2D eigenvalue weighted by atomic mass is 9.80.